The first kappa shape index (κ1) is 26.8. The molecule has 0 saturated carbocycles. The van der Waals surface area contributed by atoms with Crippen molar-refractivity contribution in [1.82, 2.24) is 4.90 Å². The predicted octanol–water partition coefficient (Wildman–Crippen LogP) is 4.97. The molecule has 0 aromatic heterocycles. The lowest BCUT2D eigenvalue weighted by Gasteiger charge is -2.19. The van der Waals surface area contributed by atoms with E-state index in [1.165, 1.54) is 5.56 Å². The molecule has 3 rings (SSSR count). The summed E-state index contributed by atoms with van der Waals surface area (Å²) in [6, 6.07) is 24.1. The Kier molecular flexibility index (Phi) is 11.4. The average Bonchev–Trinajstić information content (AvgIpc) is 2.92. The summed E-state index contributed by atoms with van der Waals surface area (Å²) in [5, 5.41) is 0. The molecule has 0 heterocycles. The van der Waals surface area contributed by atoms with E-state index in [1.807, 2.05) is 79.3 Å². The quantitative estimate of drug-likeness (QED) is 0.304. The second-order valence-electron chi connectivity index (χ2n) is 8.29. The third-order valence-electron chi connectivity index (χ3n) is 5.79. The molecule has 0 spiro atoms. The standard InChI is InChI=1S/C30H36N4O2/c1-25-10-4-5-11-26(25)22-31-16-19-34(20-17-32-23-27-12-6-8-14-29(27)35-2)21-18-33-24-28-13-7-9-15-30(28)36-3/h4-15,22-24H,16-21H2,1-3H3. The number of hydrogen-bond donors (Lipinski definition) is 0. The van der Waals surface area contributed by atoms with E-state index in [0.717, 1.165) is 54.4 Å². The molecular formula is C30H36N4O2. The van der Waals surface area contributed by atoms with E-state index in [-0.39, 0.29) is 0 Å². The van der Waals surface area contributed by atoms with Crippen LogP contribution in [-0.4, -0.2) is 77.0 Å². The van der Waals surface area contributed by atoms with Crippen molar-refractivity contribution in [2.24, 2.45) is 15.0 Å². The second kappa shape index (κ2) is 15.3. The minimum Gasteiger partial charge on any atom is -0.496 e. The van der Waals surface area contributed by atoms with Gasteiger partial charge in [-0.05, 0) is 42.3 Å². The average molecular weight is 485 g/mol. The van der Waals surface area contributed by atoms with Gasteiger partial charge in [0.2, 0.25) is 0 Å². The minimum atomic E-state index is 0.690. The smallest absolute Gasteiger partial charge is 0.127 e. The molecule has 3 aromatic rings. The molecule has 0 saturated heterocycles. The SMILES string of the molecule is COc1ccccc1C=NCCN(CCN=Cc1ccccc1C)CCN=Cc1ccccc1OC. The van der Waals surface area contributed by atoms with Crippen LogP contribution in [0.25, 0.3) is 0 Å². The van der Waals surface area contributed by atoms with Crippen molar-refractivity contribution >= 4 is 18.6 Å². The van der Waals surface area contributed by atoms with Crippen molar-refractivity contribution in [1.29, 1.82) is 0 Å². The van der Waals surface area contributed by atoms with Gasteiger partial charge in [-0.25, -0.2) is 0 Å². The van der Waals surface area contributed by atoms with E-state index in [1.54, 1.807) is 14.2 Å². The van der Waals surface area contributed by atoms with E-state index >= 15 is 0 Å². The third kappa shape index (κ3) is 8.78. The number of aliphatic imine (C=N–C) groups is 3. The Morgan fingerprint density at radius 3 is 1.42 bits per heavy atom. The third-order valence-corrected chi connectivity index (χ3v) is 5.79. The molecule has 0 atom stereocenters. The molecule has 0 aliphatic heterocycles. The molecule has 6 nitrogen and oxygen atoms in total. The number of benzene rings is 3. The van der Waals surface area contributed by atoms with Gasteiger partial charge in [0.1, 0.15) is 11.5 Å². The van der Waals surface area contributed by atoms with Crippen molar-refractivity contribution < 1.29 is 9.47 Å². The maximum Gasteiger partial charge on any atom is 0.127 e. The van der Waals surface area contributed by atoms with Crippen LogP contribution < -0.4 is 9.47 Å². The van der Waals surface area contributed by atoms with Crippen LogP contribution in [0.15, 0.2) is 87.8 Å². The van der Waals surface area contributed by atoms with E-state index in [4.69, 9.17) is 9.47 Å². The molecule has 3 aromatic carbocycles. The van der Waals surface area contributed by atoms with Gasteiger partial charge in [-0.1, -0.05) is 48.5 Å². The Balaban J connectivity index is 1.56. The Morgan fingerprint density at radius 2 is 0.972 bits per heavy atom. The van der Waals surface area contributed by atoms with Crippen LogP contribution in [0, 0.1) is 6.92 Å². The fourth-order valence-electron chi connectivity index (χ4n) is 3.70. The number of hydrogen-bond acceptors (Lipinski definition) is 6. The minimum absolute atomic E-state index is 0.690. The fraction of sp³-hybridized carbons (Fsp3) is 0.300. The van der Waals surface area contributed by atoms with Crippen LogP contribution in [-0.2, 0) is 0 Å². The van der Waals surface area contributed by atoms with Gasteiger partial charge in [0.15, 0.2) is 0 Å². The zero-order valence-electron chi connectivity index (χ0n) is 21.5. The van der Waals surface area contributed by atoms with Gasteiger partial charge in [-0.15, -0.1) is 0 Å². The zero-order chi connectivity index (χ0) is 25.4. The van der Waals surface area contributed by atoms with Crippen LogP contribution in [0.2, 0.25) is 0 Å². The monoisotopic (exact) mass is 484 g/mol. The van der Waals surface area contributed by atoms with E-state index in [9.17, 15) is 0 Å². The zero-order valence-corrected chi connectivity index (χ0v) is 21.5. The lowest BCUT2D eigenvalue weighted by molar-refractivity contribution is 0.298. The molecule has 0 N–H and O–H groups in total. The maximum atomic E-state index is 5.41. The van der Waals surface area contributed by atoms with Crippen LogP contribution in [0.3, 0.4) is 0 Å². The van der Waals surface area contributed by atoms with Gasteiger partial charge in [-0.2, -0.15) is 0 Å². The molecule has 0 amide bonds. The fourth-order valence-corrected chi connectivity index (χ4v) is 3.70. The highest BCUT2D eigenvalue weighted by molar-refractivity contribution is 5.84. The Morgan fingerprint density at radius 1 is 0.583 bits per heavy atom. The topological polar surface area (TPSA) is 58.8 Å². The van der Waals surface area contributed by atoms with E-state index in [0.29, 0.717) is 13.1 Å². The maximum absolute atomic E-state index is 5.41. The molecule has 0 bridgehead atoms. The van der Waals surface area contributed by atoms with Gasteiger partial charge < -0.3 is 9.47 Å². The van der Waals surface area contributed by atoms with Crippen LogP contribution in [0.4, 0.5) is 0 Å². The summed E-state index contributed by atoms with van der Waals surface area (Å²) in [7, 11) is 3.36. The lowest BCUT2D eigenvalue weighted by atomic mass is 10.1. The number of ether oxygens (including phenoxy) is 2. The van der Waals surface area contributed by atoms with Crippen LogP contribution in [0.5, 0.6) is 11.5 Å². The Labute approximate surface area is 215 Å². The molecule has 0 aliphatic carbocycles. The Hall–Kier alpha value is -3.77. The lowest BCUT2D eigenvalue weighted by Crippen LogP contribution is -2.31. The predicted molar refractivity (Wildman–Crippen MR) is 151 cm³/mol. The highest BCUT2D eigenvalue weighted by atomic mass is 16.5. The number of methoxy groups -OCH3 is 2. The summed E-state index contributed by atoms with van der Waals surface area (Å²) in [6.45, 7) is 6.71. The molecule has 0 radical (unpaired) electrons. The molecule has 0 unspecified atom stereocenters. The molecule has 6 heteroatoms. The van der Waals surface area contributed by atoms with Crippen molar-refractivity contribution in [3.63, 3.8) is 0 Å². The second-order valence-corrected chi connectivity index (χ2v) is 8.29. The van der Waals surface area contributed by atoms with E-state index in [2.05, 4.69) is 38.9 Å². The molecular weight excluding hydrogens is 448 g/mol. The molecule has 0 fully saturated rings. The van der Waals surface area contributed by atoms with E-state index < -0.39 is 0 Å². The first-order valence-corrected chi connectivity index (χ1v) is 12.2. The van der Waals surface area contributed by atoms with Crippen molar-refractivity contribution in [2.75, 3.05) is 53.5 Å². The number of nitrogens with zero attached hydrogens (tertiary/aromatic N) is 4. The molecule has 188 valence electrons. The summed E-state index contributed by atoms with van der Waals surface area (Å²) in [4.78, 5) is 16.3. The summed E-state index contributed by atoms with van der Waals surface area (Å²) >= 11 is 0. The van der Waals surface area contributed by atoms with Gasteiger partial charge in [0.05, 0.1) is 33.9 Å². The molecule has 0 aliphatic rings. The van der Waals surface area contributed by atoms with Crippen molar-refractivity contribution in [2.45, 2.75) is 6.92 Å². The number of para-hydroxylation sites is 2. The highest BCUT2D eigenvalue weighted by Gasteiger charge is 2.04. The number of aryl methyl sites for hydroxylation is 1. The first-order valence-electron chi connectivity index (χ1n) is 12.2. The largest absolute Gasteiger partial charge is 0.496 e. The summed E-state index contributed by atoms with van der Waals surface area (Å²) in [5.74, 6) is 1.66. The van der Waals surface area contributed by atoms with Crippen LogP contribution in [0.1, 0.15) is 22.3 Å². The summed E-state index contributed by atoms with van der Waals surface area (Å²) < 4.78 is 10.8. The molecule has 36 heavy (non-hydrogen) atoms. The Bertz CT molecular complexity index is 1100. The first-order chi connectivity index (χ1) is 17.7. The highest BCUT2D eigenvalue weighted by Crippen LogP contribution is 2.15. The number of rotatable bonds is 14. The normalized spacial score (nSPS) is 11.8. The van der Waals surface area contributed by atoms with Crippen molar-refractivity contribution in [3.05, 3.63) is 95.1 Å². The summed E-state index contributed by atoms with van der Waals surface area (Å²) in [5.41, 5.74) is 4.35. The van der Waals surface area contributed by atoms with Crippen molar-refractivity contribution in [3.8, 4) is 11.5 Å². The van der Waals surface area contributed by atoms with Gasteiger partial charge in [0.25, 0.3) is 0 Å². The van der Waals surface area contributed by atoms with Gasteiger partial charge >= 0.3 is 0 Å². The summed E-state index contributed by atoms with van der Waals surface area (Å²) in [6.07, 6.45) is 5.73. The van der Waals surface area contributed by atoms with Gasteiger partial charge in [-0.3, -0.25) is 19.9 Å². The van der Waals surface area contributed by atoms with Crippen LogP contribution >= 0.6 is 0 Å². The van der Waals surface area contributed by atoms with Gasteiger partial charge in [0, 0.05) is 49.4 Å².